The Hall–Kier alpha value is -3.42. The molecule has 0 aromatic heterocycles. The Morgan fingerprint density at radius 3 is 2.03 bits per heavy atom. The maximum absolute atomic E-state index is 13.1. The predicted octanol–water partition coefficient (Wildman–Crippen LogP) is 4.99. The highest BCUT2D eigenvalue weighted by Crippen LogP contribution is 2.48. The minimum absolute atomic E-state index is 0. The van der Waals surface area contributed by atoms with E-state index < -0.39 is 0 Å². The Balaban J connectivity index is 0.00000385. The number of carbonyl (C=O) groups is 1. The monoisotopic (exact) mass is 472 g/mol. The van der Waals surface area contributed by atoms with E-state index in [0.717, 1.165) is 17.5 Å². The lowest BCUT2D eigenvalue weighted by atomic mass is 10.1. The van der Waals surface area contributed by atoms with Crippen LogP contribution in [0.5, 0.6) is 28.7 Å². The van der Waals surface area contributed by atoms with Crippen LogP contribution in [0.4, 0.5) is 5.69 Å². The minimum atomic E-state index is -0.366. The molecule has 0 radical (unpaired) electrons. The molecule has 0 saturated heterocycles. The third-order valence-electron chi connectivity index (χ3n) is 4.91. The summed E-state index contributed by atoms with van der Waals surface area (Å²) in [6.07, 6.45) is 0.781. The topological polar surface area (TPSA) is 92.0 Å². The molecule has 0 aliphatic rings. The highest BCUT2D eigenvalue weighted by molar-refractivity contribution is 6.07. The molecule has 0 saturated carbocycles. The number of ether oxygens (including phenoxy) is 4. The van der Waals surface area contributed by atoms with Gasteiger partial charge in [-0.05, 0) is 49.7 Å². The number of hydrogen-bond donors (Lipinski definition) is 2. The lowest BCUT2D eigenvalue weighted by Gasteiger charge is -2.19. The zero-order valence-electron chi connectivity index (χ0n) is 19.1. The Kier molecular flexibility index (Phi) is 9.39. The molecule has 0 atom stereocenters. The van der Waals surface area contributed by atoms with Gasteiger partial charge in [0.05, 0.1) is 26.9 Å². The molecule has 1 amide bonds. The molecule has 8 heteroatoms. The fourth-order valence-corrected chi connectivity index (χ4v) is 3.28. The molecule has 7 nitrogen and oxygen atoms in total. The minimum Gasteiger partial charge on any atom is -0.492 e. The second-order valence-electron chi connectivity index (χ2n) is 7.13. The molecular formula is C25H29ClN2O5. The first-order valence-electron chi connectivity index (χ1n) is 10.2. The van der Waals surface area contributed by atoms with Gasteiger partial charge in [0, 0.05) is 11.8 Å². The summed E-state index contributed by atoms with van der Waals surface area (Å²) >= 11 is 0. The summed E-state index contributed by atoms with van der Waals surface area (Å²) in [6, 6.07) is 16.7. The van der Waals surface area contributed by atoms with E-state index in [9.17, 15) is 4.79 Å². The average molecular weight is 473 g/mol. The van der Waals surface area contributed by atoms with Gasteiger partial charge in [0.1, 0.15) is 5.75 Å². The maximum Gasteiger partial charge on any atom is 0.259 e. The lowest BCUT2D eigenvalue weighted by Crippen LogP contribution is -2.14. The van der Waals surface area contributed by atoms with Crippen molar-refractivity contribution in [2.45, 2.75) is 13.3 Å². The highest BCUT2D eigenvalue weighted by Gasteiger charge is 2.26. The van der Waals surface area contributed by atoms with Crippen molar-refractivity contribution in [1.29, 1.82) is 0 Å². The number of nitrogens with one attached hydrogen (secondary N) is 1. The summed E-state index contributed by atoms with van der Waals surface area (Å²) < 4.78 is 22.6. The van der Waals surface area contributed by atoms with Crippen LogP contribution in [0.15, 0.2) is 54.6 Å². The fraction of sp³-hybridized carbons (Fsp3) is 0.240. The Bertz CT molecular complexity index is 1070. The molecule has 3 rings (SSSR count). The van der Waals surface area contributed by atoms with Crippen molar-refractivity contribution in [2.24, 2.45) is 5.73 Å². The molecule has 33 heavy (non-hydrogen) atoms. The number of carbonyl (C=O) groups excluding carboxylic acids is 1. The van der Waals surface area contributed by atoms with Gasteiger partial charge in [-0.25, -0.2) is 0 Å². The van der Waals surface area contributed by atoms with Crippen LogP contribution in [0, 0.1) is 6.92 Å². The van der Waals surface area contributed by atoms with Crippen LogP contribution >= 0.6 is 12.4 Å². The van der Waals surface area contributed by atoms with E-state index in [0.29, 0.717) is 29.5 Å². The summed E-state index contributed by atoms with van der Waals surface area (Å²) in [4.78, 5) is 13.1. The summed E-state index contributed by atoms with van der Waals surface area (Å²) in [7, 11) is 4.45. The van der Waals surface area contributed by atoms with Crippen molar-refractivity contribution in [3.8, 4) is 28.7 Å². The summed E-state index contributed by atoms with van der Waals surface area (Å²) in [5, 5.41) is 2.88. The lowest BCUT2D eigenvalue weighted by molar-refractivity contribution is 0.102. The second kappa shape index (κ2) is 12.0. The molecule has 0 fully saturated rings. The molecule has 0 unspecified atom stereocenters. The molecule has 176 valence electrons. The summed E-state index contributed by atoms with van der Waals surface area (Å²) in [5.41, 5.74) is 8.73. The largest absolute Gasteiger partial charge is 0.492 e. The molecule has 3 aromatic carbocycles. The fourth-order valence-electron chi connectivity index (χ4n) is 3.28. The molecule has 0 spiro atoms. The third kappa shape index (κ3) is 6.09. The summed E-state index contributed by atoms with van der Waals surface area (Å²) in [6.45, 7) is 2.55. The zero-order chi connectivity index (χ0) is 23.1. The normalized spacial score (nSPS) is 10.1. The zero-order valence-corrected chi connectivity index (χ0v) is 20.0. The standard InChI is InChI=1S/C25H28N2O5.ClH/c1-16-5-9-18(10-6-16)27-25(28)20-15-21(23(30-3)24(31-4)22(20)29-2)32-19-11-7-17(8-12-19)13-14-26;/h5-12,15H,13-14,26H2,1-4H3,(H,27,28);1H. The van der Waals surface area contributed by atoms with E-state index in [1.807, 2.05) is 55.5 Å². The first-order valence-corrected chi connectivity index (χ1v) is 10.2. The Morgan fingerprint density at radius 2 is 1.48 bits per heavy atom. The Morgan fingerprint density at radius 1 is 0.879 bits per heavy atom. The van der Waals surface area contributed by atoms with Crippen molar-refractivity contribution in [3.05, 3.63) is 71.3 Å². The quantitative estimate of drug-likeness (QED) is 0.456. The van der Waals surface area contributed by atoms with Crippen molar-refractivity contribution >= 4 is 24.0 Å². The third-order valence-corrected chi connectivity index (χ3v) is 4.91. The average Bonchev–Trinajstić information content (AvgIpc) is 2.81. The van der Waals surface area contributed by atoms with Gasteiger partial charge in [-0.15, -0.1) is 12.4 Å². The van der Waals surface area contributed by atoms with Crippen LogP contribution in [-0.4, -0.2) is 33.8 Å². The van der Waals surface area contributed by atoms with Crippen LogP contribution in [0.1, 0.15) is 21.5 Å². The SMILES string of the molecule is COc1c(Oc2ccc(CCN)cc2)cc(C(=O)Nc2ccc(C)cc2)c(OC)c1OC.Cl. The van der Waals surface area contributed by atoms with Gasteiger partial charge in [-0.3, -0.25) is 4.79 Å². The van der Waals surface area contributed by atoms with Crippen molar-refractivity contribution in [1.82, 2.24) is 0 Å². The molecule has 0 heterocycles. The van der Waals surface area contributed by atoms with Crippen LogP contribution in [0.25, 0.3) is 0 Å². The number of benzene rings is 3. The van der Waals surface area contributed by atoms with Gasteiger partial charge in [0.25, 0.3) is 5.91 Å². The maximum atomic E-state index is 13.1. The van der Waals surface area contributed by atoms with Crippen LogP contribution < -0.4 is 30.0 Å². The molecule has 0 aliphatic heterocycles. The molecule has 3 N–H and O–H groups in total. The van der Waals surface area contributed by atoms with E-state index >= 15 is 0 Å². The molecular weight excluding hydrogens is 444 g/mol. The number of methoxy groups -OCH3 is 3. The van der Waals surface area contributed by atoms with Crippen molar-refractivity contribution < 1.29 is 23.7 Å². The van der Waals surface area contributed by atoms with E-state index in [-0.39, 0.29) is 35.4 Å². The smallest absolute Gasteiger partial charge is 0.259 e. The second-order valence-corrected chi connectivity index (χ2v) is 7.13. The van der Waals surface area contributed by atoms with Gasteiger partial charge in [-0.1, -0.05) is 29.8 Å². The number of hydrogen-bond acceptors (Lipinski definition) is 6. The highest BCUT2D eigenvalue weighted by atomic mass is 35.5. The van der Waals surface area contributed by atoms with Crippen molar-refractivity contribution in [3.63, 3.8) is 0 Å². The van der Waals surface area contributed by atoms with Gasteiger partial charge in [0.15, 0.2) is 11.5 Å². The summed E-state index contributed by atoms with van der Waals surface area (Å²) in [5.74, 6) is 1.38. The number of amides is 1. The van der Waals surface area contributed by atoms with Gasteiger partial charge in [0.2, 0.25) is 11.5 Å². The number of aryl methyl sites for hydroxylation is 1. The first kappa shape index (κ1) is 25.8. The number of rotatable bonds is 9. The van der Waals surface area contributed by atoms with E-state index in [1.54, 1.807) is 6.07 Å². The van der Waals surface area contributed by atoms with E-state index in [4.69, 9.17) is 24.7 Å². The van der Waals surface area contributed by atoms with Crippen molar-refractivity contribution in [2.75, 3.05) is 33.2 Å². The molecule has 3 aromatic rings. The van der Waals surface area contributed by atoms with Crippen LogP contribution in [-0.2, 0) is 6.42 Å². The predicted molar refractivity (Wildman–Crippen MR) is 132 cm³/mol. The Labute approximate surface area is 200 Å². The van der Waals surface area contributed by atoms with Crippen LogP contribution in [0.3, 0.4) is 0 Å². The first-order chi connectivity index (χ1) is 15.5. The van der Waals surface area contributed by atoms with Crippen LogP contribution in [0.2, 0.25) is 0 Å². The molecule has 0 aliphatic carbocycles. The number of halogens is 1. The van der Waals surface area contributed by atoms with E-state index in [1.165, 1.54) is 21.3 Å². The van der Waals surface area contributed by atoms with Gasteiger partial charge < -0.3 is 30.0 Å². The van der Waals surface area contributed by atoms with E-state index in [2.05, 4.69) is 5.32 Å². The van der Waals surface area contributed by atoms with Gasteiger partial charge >= 0.3 is 0 Å². The number of anilines is 1. The molecule has 0 bridgehead atoms. The number of nitrogens with two attached hydrogens (primary N) is 1. The van der Waals surface area contributed by atoms with Gasteiger partial charge in [-0.2, -0.15) is 0 Å².